The number of benzene rings is 2. The molecule has 0 amide bonds. The van der Waals surface area contributed by atoms with Crippen molar-refractivity contribution in [2.24, 2.45) is 19.2 Å². The largest absolute Gasteiger partial charge is 0.491 e. The number of imidazole rings is 1. The number of non-ortho nitro benzene ring substituents is 1. The minimum absolute atomic E-state index is 0.0625. The number of fused-ring (bicyclic) bond motifs is 1. The monoisotopic (exact) mass is 507 g/mol. The van der Waals surface area contributed by atoms with Gasteiger partial charge in [-0.1, -0.05) is 30.3 Å². The molecule has 0 bridgehead atoms. The number of nitro benzene ring substituents is 1. The van der Waals surface area contributed by atoms with E-state index in [2.05, 4.69) is 15.5 Å². The number of rotatable bonds is 9. The minimum Gasteiger partial charge on any atom is -0.491 e. The van der Waals surface area contributed by atoms with E-state index in [4.69, 9.17) is 4.74 Å². The lowest BCUT2D eigenvalue weighted by Gasteiger charge is -2.16. The number of aliphatic hydroxyl groups is 1. The quantitative estimate of drug-likeness (QED) is 0.196. The molecule has 0 aliphatic carbocycles. The number of hydrogen-bond donors (Lipinski definition) is 2. The fraction of sp³-hybridized carbons (Fsp3) is 0.250. The van der Waals surface area contributed by atoms with Crippen LogP contribution in [0.15, 0.2) is 63.2 Å². The summed E-state index contributed by atoms with van der Waals surface area (Å²) in [5, 5.41) is 25.9. The highest BCUT2D eigenvalue weighted by molar-refractivity contribution is 5.81. The molecule has 2 aromatic heterocycles. The number of hydrazone groups is 1. The predicted molar refractivity (Wildman–Crippen MR) is 137 cm³/mol. The molecule has 4 aromatic rings. The van der Waals surface area contributed by atoms with E-state index in [1.54, 1.807) is 12.1 Å². The second-order valence-electron chi connectivity index (χ2n) is 8.38. The van der Waals surface area contributed by atoms with Crippen LogP contribution in [0.2, 0.25) is 0 Å². The molecule has 13 nitrogen and oxygen atoms in total. The van der Waals surface area contributed by atoms with Gasteiger partial charge in [0.25, 0.3) is 11.2 Å². The van der Waals surface area contributed by atoms with E-state index >= 15 is 0 Å². The summed E-state index contributed by atoms with van der Waals surface area (Å²) in [7, 11) is 2.84. The van der Waals surface area contributed by atoms with Gasteiger partial charge in [0.15, 0.2) is 11.2 Å². The Morgan fingerprint density at radius 2 is 1.95 bits per heavy atom. The minimum atomic E-state index is -1.04. The third-order valence-corrected chi connectivity index (χ3v) is 5.73. The molecule has 1 unspecified atom stereocenters. The maximum Gasteiger partial charge on any atom is 0.332 e. The number of anilines is 1. The van der Waals surface area contributed by atoms with Crippen LogP contribution in [0.4, 0.5) is 11.6 Å². The van der Waals surface area contributed by atoms with Gasteiger partial charge in [0.05, 0.1) is 17.7 Å². The van der Waals surface area contributed by atoms with Crippen molar-refractivity contribution >= 4 is 29.0 Å². The number of nitrogens with one attached hydrogen (secondary N) is 1. The number of para-hydroxylation sites is 1. The molecular formula is C24H25N7O6. The first-order valence-corrected chi connectivity index (χ1v) is 11.2. The van der Waals surface area contributed by atoms with E-state index in [0.717, 1.165) is 10.1 Å². The van der Waals surface area contributed by atoms with E-state index in [1.807, 2.05) is 25.1 Å². The van der Waals surface area contributed by atoms with Gasteiger partial charge < -0.3 is 14.4 Å². The summed E-state index contributed by atoms with van der Waals surface area (Å²) in [5.74, 6) is 0.708. The van der Waals surface area contributed by atoms with E-state index in [9.17, 15) is 24.8 Å². The smallest absolute Gasteiger partial charge is 0.332 e. The van der Waals surface area contributed by atoms with Crippen molar-refractivity contribution in [2.45, 2.75) is 19.6 Å². The molecule has 0 saturated heterocycles. The number of aromatic nitrogens is 4. The third-order valence-electron chi connectivity index (χ3n) is 5.73. The summed E-state index contributed by atoms with van der Waals surface area (Å²) in [6.07, 6.45) is 0.311. The van der Waals surface area contributed by atoms with Crippen molar-refractivity contribution in [3.63, 3.8) is 0 Å². The Hall–Kier alpha value is -4.78. The van der Waals surface area contributed by atoms with E-state index < -0.39 is 22.3 Å². The van der Waals surface area contributed by atoms with Gasteiger partial charge in [-0.2, -0.15) is 10.1 Å². The second-order valence-corrected chi connectivity index (χ2v) is 8.38. The van der Waals surface area contributed by atoms with Crippen molar-refractivity contribution < 1.29 is 14.8 Å². The molecule has 2 heterocycles. The summed E-state index contributed by atoms with van der Waals surface area (Å²) in [4.78, 5) is 40.3. The lowest BCUT2D eigenvalue weighted by Crippen LogP contribution is -2.38. The van der Waals surface area contributed by atoms with Gasteiger partial charge in [-0.25, -0.2) is 10.2 Å². The van der Waals surface area contributed by atoms with Crippen LogP contribution in [-0.4, -0.2) is 47.6 Å². The summed E-state index contributed by atoms with van der Waals surface area (Å²) < 4.78 is 9.33. The molecule has 2 aromatic carbocycles. The van der Waals surface area contributed by atoms with Gasteiger partial charge in [-0.15, -0.1) is 0 Å². The molecule has 0 fully saturated rings. The van der Waals surface area contributed by atoms with Crippen molar-refractivity contribution in [3.05, 3.63) is 90.6 Å². The Labute approximate surface area is 210 Å². The molecule has 0 aliphatic heterocycles. The molecule has 1 atom stereocenters. The molecule has 13 heteroatoms. The standard InChI is InChI=1S/C24H25N7O6/c1-15-7-4-5-10-19(15)37-14-18(32)13-30-20-21(28(2)24(34)29(3)22(20)33)26-23(30)27-25-12-16-8-6-9-17(11-16)31(35)36/h4-12,18,32H,13-14H2,1-3H3,(H,26,27). The zero-order chi connectivity index (χ0) is 26.7. The van der Waals surface area contributed by atoms with Crippen LogP contribution in [0.3, 0.4) is 0 Å². The number of nitrogens with zero attached hydrogens (tertiary/aromatic N) is 6. The van der Waals surface area contributed by atoms with Gasteiger partial charge in [0.2, 0.25) is 5.95 Å². The first-order valence-electron chi connectivity index (χ1n) is 11.2. The van der Waals surface area contributed by atoms with Crippen LogP contribution in [0, 0.1) is 17.0 Å². The highest BCUT2D eigenvalue weighted by Crippen LogP contribution is 2.19. The Morgan fingerprint density at radius 3 is 2.68 bits per heavy atom. The molecule has 37 heavy (non-hydrogen) atoms. The van der Waals surface area contributed by atoms with Crippen molar-refractivity contribution in [2.75, 3.05) is 12.0 Å². The van der Waals surface area contributed by atoms with Crippen LogP contribution in [-0.2, 0) is 20.6 Å². The summed E-state index contributed by atoms with van der Waals surface area (Å²) in [6.45, 7) is 1.73. The molecular weight excluding hydrogens is 482 g/mol. The van der Waals surface area contributed by atoms with Gasteiger partial charge in [0, 0.05) is 31.8 Å². The van der Waals surface area contributed by atoms with E-state index in [0.29, 0.717) is 11.3 Å². The number of nitro groups is 1. The summed E-state index contributed by atoms with van der Waals surface area (Å²) in [6, 6.07) is 13.2. The normalized spacial score (nSPS) is 12.2. The molecule has 0 spiro atoms. The summed E-state index contributed by atoms with van der Waals surface area (Å²) in [5.41, 5.74) is 3.04. The summed E-state index contributed by atoms with van der Waals surface area (Å²) >= 11 is 0. The van der Waals surface area contributed by atoms with Crippen LogP contribution in [0.25, 0.3) is 11.2 Å². The number of aliphatic hydroxyl groups excluding tert-OH is 1. The average molecular weight is 508 g/mol. The van der Waals surface area contributed by atoms with Crippen LogP contribution in [0.1, 0.15) is 11.1 Å². The van der Waals surface area contributed by atoms with Gasteiger partial charge in [0.1, 0.15) is 18.5 Å². The predicted octanol–water partition coefficient (Wildman–Crippen LogP) is 1.54. The lowest BCUT2D eigenvalue weighted by molar-refractivity contribution is -0.384. The Kier molecular flexibility index (Phi) is 7.15. The van der Waals surface area contributed by atoms with Crippen LogP contribution in [0.5, 0.6) is 5.75 Å². The second kappa shape index (κ2) is 10.5. The van der Waals surface area contributed by atoms with Crippen LogP contribution < -0.4 is 21.4 Å². The van der Waals surface area contributed by atoms with E-state index in [-0.39, 0.29) is 36.0 Å². The molecule has 0 aliphatic rings. The van der Waals surface area contributed by atoms with E-state index in [1.165, 1.54) is 47.6 Å². The molecule has 4 rings (SSSR count). The van der Waals surface area contributed by atoms with Gasteiger partial charge >= 0.3 is 5.69 Å². The Bertz CT molecular complexity index is 1620. The van der Waals surface area contributed by atoms with Gasteiger partial charge in [-0.05, 0) is 18.6 Å². The number of ether oxygens (including phenoxy) is 1. The van der Waals surface area contributed by atoms with Crippen molar-refractivity contribution in [1.82, 2.24) is 18.7 Å². The maximum atomic E-state index is 13.0. The Balaban J connectivity index is 1.66. The fourth-order valence-corrected chi connectivity index (χ4v) is 3.76. The SMILES string of the molecule is Cc1ccccc1OCC(O)Cn1c(NN=Cc2cccc([N+](=O)[O-])c2)nc2c1c(=O)n(C)c(=O)n2C. The molecule has 2 N–H and O–H groups in total. The molecule has 0 saturated carbocycles. The van der Waals surface area contributed by atoms with Crippen molar-refractivity contribution in [3.8, 4) is 5.75 Å². The zero-order valence-electron chi connectivity index (χ0n) is 20.4. The molecule has 0 radical (unpaired) electrons. The molecule has 192 valence electrons. The van der Waals surface area contributed by atoms with Crippen LogP contribution >= 0.6 is 0 Å². The maximum absolute atomic E-state index is 13.0. The topological polar surface area (TPSA) is 159 Å². The Morgan fingerprint density at radius 1 is 1.19 bits per heavy atom. The highest BCUT2D eigenvalue weighted by Gasteiger charge is 2.21. The first-order chi connectivity index (χ1) is 17.7. The lowest BCUT2D eigenvalue weighted by atomic mass is 10.2. The third kappa shape index (κ3) is 5.26. The number of aryl methyl sites for hydroxylation is 2. The van der Waals surface area contributed by atoms with Gasteiger partial charge in [-0.3, -0.25) is 24.0 Å². The zero-order valence-corrected chi connectivity index (χ0v) is 20.4. The fourth-order valence-electron chi connectivity index (χ4n) is 3.76. The average Bonchev–Trinajstić information content (AvgIpc) is 3.24. The first kappa shape index (κ1) is 25.3. The highest BCUT2D eigenvalue weighted by atomic mass is 16.6. The van der Waals surface area contributed by atoms with Crippen molar-refractivity contribution in [1.29, 1.82) is 0 Å². The number of hydrogen-bond acceptors (Lipinski definition) is 9.